The van der Waals surface area contributed by atoms with Crippen molar-refractivity contribution in [2.75, 3.05) is 40.9 Å². The van der Waals surface area contributed by atoms with Gasteiger partial charge in [-0.15, -0.1) is 0 Å². The van der Waals surface area contributed by atoms with E-state index < -0.39 is 20.0 Å². The molecule has 0 aliphatic rings. The van der Waals surface area contributed by atoms with Crippen LogP contribution in [0.3, 0.4) is 0 Å². The van der Waals surface area contributed by atoms with E-state index in [2.05, 4.69) is 19.2 Å². The molecule has 0 aromatic carbocycles. The molecule has 0 bridgehead atoms. The summed E-state index contributed by atoms with van der Waals surface area (Å²) in [5.74, 6) is -0.175. The molecule has 0 radical (unpaired) electrons. The van der Waals surface area contributed by atoms with Crippen LogP contribution in [0.4, 0.5) is 0 Å². The second-order valence-electron chi connectivity index (χ2n) is 18.2. The lowest BCUT2D eigenvalue weighted by Crippen LogP contribution is -2.46. The van der Waals surface area contributed by atoms with Gasteiger partial charge in [0.1, 0.15) is 13.2 Å². The van der Waals surface area contributed by atoms with Gasteiger partial charge in [-0.1, -0.05) is 226 Å². The molecule has 1 amide bonds. The first-order chi connectivity index (χ1) is 27.0. The summed E-state index contributed by atoms with van der Waals surface area (Å²) in [5.41, 5.74) is 0. The van der Waals surface area contributed by atoms with Crippen LogP contribution in [0.5, 0.6) is 0 Å². The van der Waals surface area contributed by atoms with Crippen LogP contribution < -0.4 is 10.2 Å². The van der Waals surface area contributed by atoms with Gasteiger partial charge in [-0.25, -0.2) is 0 Å². The molecule has 0 spiro atoms. The monoisotopic (exact) mass is 817 g/mol. The number of amides is 1. The number of nitrogens with zero attached hydrogens (tertiary/aromatic N) is 1. The van der Waals surface area contributed by atoms with Gasteiger partial charge in [0.25, 0.3) is 7.82 Å². The van der Waals surface area contributed by atoms with Gasteiger partial charge in [0, 0.05) is 6.42 Å². The normalized spacial score (nSPS) is 14.2. The van der Waals surface area contributed by atoms with E-state index >= 15 is 0 Å². The third kappa shape index (κ3) is 41.7. The maximum atomic E-state index is 12.6. The van der Waals surface area contributed by atoms with Gasteiger partial charge in [-0.05, 0) is 12.8 Å². The first-order valence-corrected chi connectivity index (χ1v) is 25.8. The van der Waals surface area contributed by atoms with Gasteiger partial charge in [-0.2, -0.15) is 0 Å². The topological polar surface area (TPSA) is 108 Å². The minimum absolute atomic E-state index is 0.0151. The number of unbranched alkanes of at least 4 members (excludes halogenated alkanes) is 32. The molecule has 0 aromatic heterocycles. The number of likely N-dealkylation sites (N-methyl/N-ethyl adjacent to an activating group) is 1. The average Bonchev–Trinajstić information content (AvgIpc) is 3.15. The highest BCUT2D eigenvalue weighted by atomic mass is 31.2. The quantitative estimate of drug-likeness (QED) is 0.0360. The second-order valence-corrected chi connectivity index (χ2v) is 19.6. The number of carbonyl (C=O) groups excluding carboxylic acids is 1. The van der Waals surface area contributed by atoms with E-state index in [1.165, 1.54) is 167 Å². The molecule has 0 rings (SSSR count). The number of phosphoric ester groups is 1. The molecule has 56 heavy (non-hydrogen) atoms. The summed E-state index contributed by atoms with van der Waals surface area (Å²) in [6.07, 6.45) is 44.7. The number of carbonyl (C=O) groups is 1. The third-order valence-electron chi connectivity index (χ3n) is 11.3. The van der Waals surface area contributed by atoms with Crippen molar-refractivity contribution >= 4 is 13.7 Å². The zero-order valence-electron chi connectivity index (χ0n) is 38.1. The molecule has 9 heteroatoms. The largest absolute Gasteiger partial charge is 0.756 e. The van der Waals surface area contributed by atoms with Gasteiger partial charge in [0.2, 0.25) is 5.91 Å². The maximum Gasteiger partial charge on any atom is 0.268 e. The van der Waals surface area contributed by atoms with Crippen molar-refractivity contribution in [3.63, 3.8) is 0 Å². The van der Waals surface area contributed by atoms with Gasteiger partial charge in [-0.3, -0.25) is 9.36 Å². The average molecular weight is 817 g/mol. The molecule has 3 unspecified atom stereocenters. The Bertz CT molecular complexity index is 885. The highest BCUT2D eigenvalue weighted by Gasteiger charge is 2.24. The third-order valence-corrected chi connectivity index (χ3v) is 12.3. The molecule has 0 saturated carbocycles. The van der Waals surface area contributed by atoms with Crippen molar-refractivity contribution in [2.45, 2.75) is 257 Å². The van der Waals surface area contributed by atoms with Gasteiger partial charge in [0.05, 0.1) is 39.9 Å². The molecule has 0 aromatic rings. The number of aliphatic hydroxyl groups is 1. The van der Waals surface area contributed by atoms with E-state index in [4.69, 9.17) is 9.05 Å². The van der Waals surface area contributed by atoms with Crippen molar-refractivity contribution in [1.82, 2.24) is 5.32 Å². The molecular weight excluding hydrogens is 719 g/mol. The Morgan fingerprint density at radius 3 is 1.21 bits per heavy atom. The SMILES string of the molecule is CCCCCCCCCCCCCCCCCCCCCCCCCCCCCCCC(O)C(COP(=O)([O-])OCC[N+](C)(C)C)NC(=O)CCCCCCC. The molecule has 0 fully saturated rings. The zero-order valence-corrected chi connectivity index (χ0v) is 39.0. The fourth-order valence-corrected chi connectivity index (χ4v) is 8.18. The van der Waals surface area contributed by atoms with E-state index in [-0.39, 0.29) is 19.1 Å². The summed E-state index contributed by atoms with van der Waals surface area (Å²) < 4.78 is 23.1. The van der Waals surface area contributed by atoms with Crippen LogP contribution >= 0.6 is 7.82 Å². The lowest BCUT2D eigenvalue weighted by atomic mass is 10.0. The van der Waals surface area contributed by atoms with E-state index in [0.717, 1.165) is 51.4 Å². The Morgan fingerprint density at radius 2 is 0.875 bits per heavy atom. The van der Waals surface area contributed by atoms with Crippen LogP contribution in [0.1, 0.15) is 245 Å². The van der Waals surface area contributed by atoms with Crippen molar-refractivity contribution < 1.29 is 32.9 Å². The molecule has 3 atom stereocenters. The number of rotatable bonds is 45. The zero-order chi connectivity index (χ0) is 41.4. The van der Waals surface area contributed by atoms with E-state index in [1.807, 2.05) is 21.1 Å². The summed E-state index contributed by atoms with van der Waals surface area (Å²) >= 11 is 0. The molecule has 2 N–H and O–H groups in total. The number of phosphoric acid groups is 1. The van der Waals surface area contributed by atoms with Crippen LogP contribution in [0, 0.1) is 0 Å². The first kappa shape index (κ1) is 55.5. The lowest BCUT2D eigenvalue weighted by Gasteiger charge is -2.30. The van der Waals surface area contributed by atoms with Crippen LogP contribution in [-0.4, -0.2) is 68.5 Å². The molecule has 336 valence electrons. The van der Waals surface area contributed by atoms with Crippen LogP contribution in [0.25, 0.3) is 0 Å². The van der Waals surface area contributed by atoms with E-state index in [1.54, 1.807) is 0 Å². The van der Waals surface area contributed by atoms with E-state index in [9.17, 15) is 19.4 Å². The van der Waals surface area contributed by atoms with Crippen LogP contribution in [0.2, 0.25) is 0 Å². The summed E-state index contributed by atoms with van der Waals surface area (Å²) in [4.78, 5) is 25.0. The Hall–Kier alpha value is -0.500. The molecule has 0 saturated heterocycles. The fraction of sp³-hybridized carbons (Fsp3) is 0.979. The second kappa shape index (κ2) is 39.9. The Kier molecular flexibility index (Phi) is 39.6. The summed E-state index contributed by atoms with van der Waals surface area (Å²) in [7, 11) is 1.31. The number of nitrogens with one attached hydrogen (secondary N) is 1. The highest BCUT2D eigenvalue weighted by Crippen LogP contribution is 2.38. The van der Waals surface area contributed by atoms with Crippen molar-refractivity contribution in [3.05, 3.63) is 0 Å². The Morgan fingerprint density at radius 1 is 0.554 bits per heavy atom. The highest BCUT2D eigenvalue weighted by molar-refractivity contribution is 7.45. The summed E-state index contributed by atoms with van der Waals surface area (Å²) in [5, 5.41) is 13.8. The molecule has 0 aliphatic heterocycles. The Balaban J connectivity index is 3.85. The predicted molar refractivity (Wildman–Crippen MR) is 238 cm³/mol. The summed E-state index contributed by atoms with van der Waals surface area (Å²) in [6.45, 7) is 4.65. The molecule has 0 heterocycles. The maximum absolute atomic E-state index is 12.6. The van der Waals surface area contributed by atoms with Crippen LogP contribution in [-0.2, 0) is 18.4 Å². The number of hydrogen-bond acceptors (Lipinski definition) is 6. The predicted octanol–water partition coefficient (Wildman–Crippen LogP) is 13.1. The van der Waals surface area contributed by atoms with Gasteiger partial charge in [0.15, 0.2) is 0 Å². The number of hydrogen-bond donors (Lipinski definition) is 2. The molecular formula is C47H97N2O6P. The standard InChI is InChI=1S/C47H97N2O6P/c1-6-8-10-12-13-14-15-16-17-18-19-20-21-22-23-24-25-26-27-28-29-30-31-32-33-34-35-37-38-40-46(50)45(48-47(51)41-39-36-11-9-7-2)44-55-56(52,53)54-43-42-49(3,4)5/h45-46,50H,6-44H2,1-5H3,(H-,48,51,52,53). The van der Waals surface area contributed by atoms with Gasteiger partial charge < -0.3 is 28.8 Å². The minimum Gasteiger partial charge on any atom is -0.756 e. The smallest absolute Gasteiger partial charge is 0.268 e. The number of quaternary nitrogens is 1. The molecule has 8 nitrogen and oxygen atoms in total. The first-order valence-electron chi connectivity index (χ1n) is 24.4. The fourth-order valence-electron chi connectivity index (χ4n) is 7.45. The minimum atomic E-state index is -4.55. The van der Waals surface area contributed by atoms with Crippen molar-refractivity contribution in [3.8, 4) is 0 Å². The van der Waals surface area contributed by atoms with Gasteiger partial charge >= 0.3 is 0 Å². The lowest BCUT2D eigenvalue weighted by molar-refractivity contribution is -0.870. The summed E-state index contributed by atoms with van der Waals surface area (Å²) in [6, 6.07) is -0.791. The van der Waals surface area contributed by atoms with Crippen molar-refractivity contribution in [1.29, 1.82) is 0 Å². The van der Waals surface area contributed by atoms with E-state index in [0.29, 0.717) is 23.9 Å². The van der Waals surface area contributed by atoms with Crippen molar-refractivity contribution in [2.24, 2.45) is 0 Å². The molecule has 0 aliphatic carbocycles. The Labute approximate surface area is 349 Å². The number of aliphatic hydroxyl groups excluding tert-OH is 1. The van der Waals surface area contributed by atoms with Crippen LogP contribution in [0.15, 0.2) is 0 Å².